The smallest absolute Gasteiger partial charge is 0.446 e. The van der Waals surface area contributed by atoms with E-state index in [4.69, 9.17) is 20.3 Å². The van der Waals surface area contributed by atoms with Gasteiger partial charge in [-0.3, -0.25) is 4.52 Å². The number of alkyl carbamates (subject to hydrolysis) is 1. The summed E-state index contributed by atoms with van der Waals surface area (Å²) in [5, 5.41) is 2.85. The number of fused-ring (bicyclic) bond motifs is 1. The molecule has 3 rings (SSSR count). The molecule has 2 aliphatic carbocycles. The van der Waals surface area contributed by atoms with Crippen molar-refractivity contribution in [1.29, 1.82) is 0 Å². The SMILES string of the molecule is CCCCCCNC(=O)OC1CCc2cc([C@H]3CC[C@@](N)(COP(=O)(O)O)C3)ccc2C1. The van der Waals surface area contributed by atoms with Crippen molar-refractivity contribution >= 4 is 13.9 Å². The Kier molecular flexibility index (Phi) is 8.75. The van der Waals surface area contributed by atoms with Crippen LogP contribution in [-0.4, -0.2) is 40.7 Å². The zero-order valence-corrected chi connectivity index (χ0v) is 19.8. The van der Waals surface area contributed by atoms with Gasteiger partial charge in [0.2, 0.25) is 0 Å². The first-order valence-electron chi connectivity index (χ1n) is 11.7. The lowest BCUT2D eigenvalue weighted by Crippen LogP contribution is -2.41. The van der Waals surface area contributed by atoms with E-state index in [0.29, 0.717) is 19.4 Å². The Labute approximate surface area is 190 Å². The molecule has 0 bridgehead atoms. The molecule has 0 heterocycles. The van der Waals surface area contributed by atoms with Crippen LogP contribution in [-0.2, 0) is 26.7 Å². The number of rotatable bonds is 10. The summed E-state index contributed by atoms with van der Waals surface area (Å²) in [5.74, 6) is 0.248. The average Bonchev–Trinajstić information content (AvgIpc) is 3.14. The van der Waals surface area contributed by atoms with Gasteiger partial charge in [-0.1, -0.05) is 44.4 Å². The minimum Gasteiger partial charge on any atom is -0.446 e. The minimum absolute atomic E-state index is 0.100. The predicted octanol–water partition coefficient (Wildman–Crippen LogP) is 3.92. The molecule has 180 valence electrons. The van der Waals surface area contributed by atoms with E-state index in [1.54, 1.807) is 0 Å². The Morgan fingerprint density at radius 3 is 2.81 bits per heavy atom. The molecule has 1 aromatic carbocycles. The zero-order chi connectivity index (χ0) is 23.2. The summed E-state index contributed by atoms with van der Waals surface area (Å²) >= 11 is 0. The Morgan fingerprint density at radius 1 is 1.25 bits per heavy atom. The van der Waals surface area contributed by atoms with Crippen molar-refractivity contribution in [2.75, 3.05) is 13.2 Å². The topological polar surface area (TPSA) is 131 Å². The van der Waals surface area contributed by atoms with Gasteiger partial charge in [0.25, 0.3) is 0 Å². The van der Waals surface area contributed by atoms with E-state index in [1.807, 2.05) is 0 Å². The van der Waals surface area contributed by atoms with Crippen LogP contribution in [0.1, 0.15) is 80.9 Å². The third-order valence-electron chi connectivity index (χ3n) is 6.62. The van der Waals surface area contributed by atoms with Gasteiger partial charge >= 0.3 is 13.9 Å². The number of hydrogen-bond acceptors (Lipinski definition) is 5. The highest BCUT2D eigenvalue weighted by Crippen LogP contribution is 2.44. The van der Waals surface area contributed by atoms with Crippen LogP contribution in [0.5, 0.6) is 0 Å². The summed E-state index contributed by atoms with van der Waals surface area (Å²) in [4.78, 5) is 30.0. The second-order valence-corrected chi connectivity index (χ2v) is 10.6. The maximum absolute atomic E-state index is 12.1. The first-order chi connectivity index (χ1) is 15.2. The van der Waals surface area contributed by atoms with Crippen LogP contribution >= 0.6 is 7.82 Å². The second-order valence-electron chi connectivity index (χ2n) is 9.35. The Bertz CT molecular complexity index is 829. The number of nitrogens with two attached hydrogens (primary N) is 1. The molecule has 1 aromatic rings. The van der Waals surface area contributed by atoms with Crippen LogP contribution in [0, 0.1) is 0 Å². The van der Waals surface area contributed by atoms with Crippen LogP contribution in [0.25, 0.3) is 0 Å². The lowest BCUT2D eigenvalue weighted by Gasteiger charge is -2.26. The average molecular weight is 469 g/mol. The van der Waals surface area contributed by atoms with E-state index in [-0.39, 0.29) is 24.7 Å². The maximum atomic E-state index is 12.1. The quantitative estimate of drug-likeness (QED) is 0.302. The first kappa shape index (κ1) is 25.2. The van der Waals surface area contributed by atoms with Crippen molar-refractivity contribution in [2.24, 2.45) is 5.73 Å². The monoisotopic (exact) mass is 468 g/mol. The first-order valence-corrected chi connectivity index (χ1v) is 13.3. The van der Waals surface area contributed by atoms with Crippen LogP contribution in [0.3, 0.4) is 0 Å². The molecule has 0 saturated heterocycles. The highest BCUT2D eigenvalue weighted by atomic mass is 31.2. The van der Waals surface area contributed by atoms with Gasteiger partial charge in [0, 0.05) is 18.5 Å². The van der Waals surface area contributed by atoms with Crippen molar-refractivity contribution in [3.8, 4) is 0 Å². The van der Waals surface area contributed by atoms with Crippen molar-refractivity contribution in [2.45, 2.75) is 88.7 Å². The standard InChI is InChI=1S/C23H37N2O6P/c1-2-3-4-5-12-25-22(26)31-21-9-8-17-13-18(6-7-19(17)14-21)20-10-11-23(24,15-20)16-30-32(27,28)29/h6-7,13,20-21H,2-5,8-12,14-16,24H2,1H3,(H,25,26)(H2,27,28,29)/t20-,21?,23-/m0/s1. The van der Waals surface area contributed by atoms with Gasteiger partial charge in [0.1, 0.15) is 6.10 Å². The number of phosphoric acid groups is 1. The Balaban J connectivity index is 1.49. The van der Waals surface area contributed by atoms with Crippen LogP contribution in [0.4, 0.5) is 4.79 Å². The number of ether oxygens (including phenoxy) is 1. The molecule has 5 N–H and O–H groups in total. The molecule has 1 amide bonds. The van der Waals surface area contributed by atoms with Gasteiger partial charge in [0.05, 0.1) is 6.61 Å². The normalized spacial score (nSPS) is 25.4. The molecule has 32 heavy (non-hydrogen) atoms. The number of carbonyl (C=O) groups is 1. The number of unbranched alkanes of at least 4 members (excludes halogenated alkanes) is 3. The zero-order valence-electron chi connectivity index (χ0n) is 18.9. The van der Waals surface area contributed by atoms with Crippen molar-refractivity contribution < 1.29 is 28.4 Å². The van der Waals surface area contributed by atoms with Crippen LogP contribution < -0.4 is 11.1 Å². The third-order valence-corrected chi connectivity index (χ3v) is 7.09. The minimum atomic E-state index is -4.52. The summed E-state index contributed by atoms with van der Waals surface area (Å²) in [5.41, 5.74) is 9.31. The van der Waals surface area contributed by atoms with Crippen molar-refractivity contribution in [3.63, 3.8) is 0 Å². The number of nitrogens with one attached hydrogen (secondary N) is 1. The second kappa shape index (κ2) is 11.1. The van der Waals surface area contributed by atoms with Gasteiger partial charge in [0.15, 0.2) is 0 Å². The number of aryl methyl sites for hydroxylation is 1. The molecule has 1 fully saturated rings. The fourth-order valence-electron chi connectivity index (χ4n) is 4.82. The molecule has 0 radical (unpaired) electrons. The van der Waals surface area contributed by atoms with Gasteiger partial charge in [-0.05, 0) is 61.1 Å². The van der Waals surface area contributed by atoms with E-state index in [1.165, 1.54) is 29.5 Å². The summed E-state index contributed by atoms with van der Waals surface area (Å²) in [6, 6.07) is 6.44. The molecular weight excluding hydrogens is 431 g/mol. The molecule has 3 atom stereocenters. The molecule has 1 unspecified atom stereocenters. The Morgan fingerprint density at radius 2 is 2.06 bits per heavy atom. The summed E-state index contributed by atoms with van der Waals surface area (Å²) < 4.78 is 21.3. The lowest BCUT2D eigenvalue weighted by molar-refractivity contribution is 0.0895. The van der Waals surface area contributed by atoms with E-state index >= 15 is 0 Å². The van der Waals surface area contributed by atoms with Gasteiger partial charge in [-0.15, -0.1) is 0 Å². The number of hydrogen-bond donors (Lipinski definition) is 4. The maximum Gasteiger partial charge on any atom is 0.469 e. The number of phosphoric ester groups is 1. The number of benzene rings is 1. The molecular formula is C23H37N2O6P. The van der Waals surface area contributed by atoms with Gasteiger partial charge in [-0.25, -0.2) is 9.36 Å². The van der Waals surface area contributed by atoms with E-state index < -0.39 is 13.4 Å². The molecule has 0 spiro atoms. The van der Waals surface area contributed by atoms with E-state index in [0.717, 1.165) is 38.5 Å². The fourth-order valence-corrected chi connectivity index (χ4v) is 5.24. The molecule has 1 saturated carbocycles. The van der Waals surface area contributed by atoms with E-state index in [9.17, 15) is 9.36 Å². The van der Waals surface area contributed by atoms with Crippen molar-refractivity contribution in [1.82, 2.24) is 5.32 Å². The number of carbonyl (C=O) groups excluding carboxylic acids is 1. The molecule has 2 aliphatic rings. The molecule has 0 aliphatic heterocycles. The van der Waals surface area contributed by atoms with E-state index in [2.05, 4.69) is 35.0 Å². The van der Waals surface area contributed by atoms with Crippen LogP contribution in [0.15, 0.2) is 18.2 Å². The largest absolute Gasteiger partial charge is 0.469 e. The fraction of sp³-hybridized carbons (Fsp3) is 0.696. The van der Waals surface area contributed by atoms with Gasteiger partial charge in [-0.2, -0.15) is 0 Å². The highest BCUT2D eigenvalue weighted by molar-refractivity contribution is 7.46. The highest BCUT2D eigenvalue weighted by Gasteiger charge is 2.38. The number of amides is 1. The molecule has 0 aromatic heterocycles. The summed E-state index contributed by atoms with van der Waals surface area (Å²) in [7, 11) is -4.52. The van der Waals surface area contributed by atoms with Crippen LogP contribution in [0.2, 0.25) is 0 Å². The summed E-state index contributed by atoms with van der Waals surface area (Å²) in [6.45, 7) is 2.68. The predicted molar refractivity (Wildman–Crippen MR) is 122 cm³/mol. The molecule has 8 nitrogen and oxygen atoms in total. The van der Waals surface area contributed by atoms with Gasteiger partial charge < -0.3 is 25.6 Å². The summed E-state index contributed by atoms with van der Waals surface area (Å²) in [6.07, 6.45) is 8.60. The third kappa shape index (κ3) is 7.56. The van der Waals surface area contributed by atoms with Crippen molar-refractivity contribution in [3.05, 3.63) is 34.9 Å². The molecule has 9 heteroatoms. The Hall–Kier alpha value is -1.44. The lowest BCUT2D eigenvalue weighted by atomic mass is 9.85.